The Balaban J connectivity index is 1.86. The van der Waals surface area contributed by atoms with E-state index in [9.17, 15) is 22.5 Å². The van der Waals surface area contributed by atoms with Gasteiger partial charge in [-0.1, -0.05) is 36.8 Å². The lowest BCUT2D eigenvalue weighted by atomic mass is 9.97. The number of halogens is 3. The molecule has 0 fully saturated rings. The normalized spacial score (nSPS) is 15.5. The number of nitrogens with one attached hydrogen (secondary N) is 1. The van der Waals surface area contributed by atoms with Crippen LogP contribution in [0.2, 0.25) is 0 Å². The first kappa shape index (κ1) is 31.5. The predicted molar refractivity (Wildman–Crippen MR) is 146 cm³/mol. The Morgan fingerprint density at radius 2 is 1.85 bits per heavy atom. The number of imidazole rings is 1. The lowest BCUT2D eigenvalue weighted by Gasteiger charge is -2.33. The van der Waals surface area contributed by atoms with Gasteiger partial charge in [-0.25, -0.2) is 20.0 Å². The minimum Gasteiger partial charge on any atom is -0.465 e. The fraction of sp³-hybridized carbons (Fsp3) is 0.538. The Morgan fingerprint density at radius 3 is 2.48 bits per heavy atom. The molecule has 0 aliphatic rings. The van der Waals surface area contributed by atoms with Crippen molar-refractivity contribution in [2.75, 3.05) is 24.9 Å². The van der Waals surface area contributed by atoms with E-state index in [1.807, 2.05) is 6.92 Å². The van der Waals surface area contributed by atoms with E-state index in [0.717, 1.165) is 5.56 Å². The number of alkyl halides is 3. The zero-order valence-corrected chi connectivity index (χ0v) is 24.1. The van der Waals surface area contributed by atoms with Gasteiger partial charge >= 0.3 is 12.1 Å². The molecular weight excluding hydrogens is 548 g/mol. The molecule has 0 spiro atoms. The Bertz CT molecular complexity index is 1350. The number of nitrogen functional groups attached to an aromatic ring is 1. The highest BCUT2D eigenvalue weighted by Crippen LogP contribution is 2.51. The number of ether oxygens (including phenoxy) is 2. The summed E-state index contributed by atoms with van der Waals surface area (Å²) < 4.78 is 69.9. The maximum atomic E-state index is 14.3. The van der Waals surface area contributed by atoms with Crippen molar-refractivity contribution >= 4 is 30.2 Å². The van der Waals surface area contributed by atoms with Crippen molar-refractivity contribution in [3.63, 3.8) is 0 Å². The number of carbonyl (C=O) groups is 1. The van der Waals surface area contributed by atoms with E-state index in [-0.39, 0.29) is 24.5 Å². The summed E-state index contributed by atoms with van der Waals surface area (Å²) in [6.45, 7) is 8.61. The second-order valence-electron chi connectivity index (χ2n) is 10.5. The second kappa shape index (κ2) is 12.7. The number of fused-ring (bicyclic) bond motifs is 1. The lowest BCUT2D eigenvalue weighted by Crippen LogP contribution is -2.38. The van der Waals surface area contributed by atoms with E-state index in [1.54, 1.807) is 30.5 Å². The van der Waals surface area contributed by atoms with Crippen LogP contribution in [0.4, 0.5) is 19.0 Å². The number of nitrogens with zero attached hydrogens (tertiary/aromatic N) is 4. The molecule has 3 atom stereocenters. The number of esters is 1. The van der Waals surface area contributed by atoms with Crippen LogP contribution in [0.1, 0.15) is 51.3 Å². The van der Waals surface area contributed by atoms with Crippen molar-refractivity contribution in [2.24, 2.45) is 5.41 Å². The van der Waals surface area contributed by atoms with Gasteiger partial charge in [0.1, 0.15) is 24.2 Å². The lowest BCUT2D eigenvalue weighted by molar-refractivity contribution is -0.153. The number of nitrogens with two attached hydrogens (primary N) is 1. The summed E-state index contributed by atoms with van der Waals surface area (Å²) in [6, 6.07) is 3.55. The Hall–Kier alpha value is -3.02. The van der Waals surface area contributed by atoms with Crippen LogP contribution in [-0.4, -0.2) is 56.9 Å². The summed E-state index contributed by atoms with van der Waals surface area (Å²) in [7, 11) is -4.02. The molecule has 1 unspecified atom stereocenters. The molecule has 14 heteroatoms. The van der Waals surface area contributed by atoms with Crippen LogP contribution in [0, 0.1) is 12.3 Å². The fourth-order valence-electron chi connectivity index (χ4n) is 4.16. The quantitative estimate of drug-likeness (QED) is 0.205. The number of rotatable bonds is 13. The molecule has 220 valence electrons. The van der Waals surface area contributed by atoms with Crippen LogP contribution in [0.5, 0.6) is 0 Å². The first-order valence-corrected chi connectivity index (χ1v) is 14.9. The molecule has 0 saturated carbocycles. The molecule has 3 aromatic rings. The average Bonchev–Trinajstić information content (AvgIpc) is 3.28. The molecule has 3 N–H and O–H groups in total. The summed E-state index contributed by atoms with van der Waals surface area (Å²) in [6.07, 6.45) is -2.98. The molecule has 0 aliphatic carbocycles. The molecule has 0 radical (unpaired) electrons. The van der Waals surface area contributed by atoms with Crippen LogP contribution in [-0.2, 0) is 25.4 Å². The minimum absolute atomic E-state index is 0.0973. The number of carbonyl (C=O) groups excluding carboxylic acids is 1. The number of benzene rings is 1. The number of hydrogen-bond acceptors (Lipinski definition) is 8. The van der Waals surface area contributed by atoms with Gasteiger partial charge < -0.3 is 24.3 Å². The molecule has 40 heavy (non-hydrogen) atoms. The van der Waals surface area contributed by atoms with Gasteiger partial charge in [-0.2, -0.15) is 13.2 Å². The fourth-order valence-corrected chi connectivity index (χ4v) is 7.09. The molecule has 0 aliphatic heterocycles. The van der Waals surface area contributed by atoms with E-state index in [0.29, 0.717) is 17.6 Å². The van der Waals surface area contributed by atoms with Crippen molar-refractivity contribution in [3.05, 3.63) is 48.0 Å². The van der Waals surface area contributed by atoms with Gasteiger partial charge in [0, 0.05) is 6.16 Å². The third-order valence-electron chi connectivity index (χ3n) is 6.19. The highest BCUT2D eigenvalue weighted by Gasteiger charge is 2.47. The largest absolute Gasteiger partial charge is 0.465 e. The topological polar surface area (TPSA) is 134 Å². The van der Waals surface area contributed by atoms with Crippen molar-refractivity contribution in [1.29, 1.82) is 0 Å². The summed E-state index contributed by atoms with van der Waals surface area (Å²) in [5.74, 6) is -0.442. The molecule has 0 saturated heterocycles. The summed E-state index contributed by atoms with van der Waals surface area (Å²) >= 11 is 0. The molecule has 10 nitrogen and oxygen atoms in total. The van der Waals surface area contributed by atoms with Gasteiger partial charge in [0.25, 0.3) is 0 Å². The van der Waals surface area contributed by atoms with Crippen LogP contribution in [0.15, 0.2) is 36.9 Å². The molecule has 3 rings (SSSR count). The predicted octanol–water partition coefficient (Wildman–Crippen LogP) is 5.23. The zero-order chi connectivity index (χ0) is 29.7. The van der Waals surface area contributed by atoms with E-state index in [4.69, 9.17) is 15.2 Å². The third-order valence-corrected chi connectivity index (χ3v) is 8.79. The van der Waals surface area contributed by atoms with E-state index in [2.05, 4.69) is 20.0 Å². The monoisotopic (exact) mass is 584 g/mol. The Kier molecular flexibility index (Phi) is 9.97. The van der Waals surface area contributed by atoms with Crippen LogP contribution < -0.4 is 10.8 Å². The van der Waals surface area contributed by atoms with Gasteiger partial charge in [-0.15, -0.1) is 0 Å². The highest BCUT2D eigenvalue weighted by molar-refractivity contribution is 7.61. The van der Waals surface area contributed by atoms with Crippen LogP contribution in [0.25, 0.3) is 11.2 Å². The first-order valence-electron chi connectivity index (χ1n) is 12.8. The van der Waals surface area contributed by atoms with Gasteiger partial charge in [0.15, 0.2) is 18.8 Å². The van der Waals surface area contributed by atoms with E-state index < -0.39 is 49.5 Å². The average molecular weight is 585 g/mol. The highest BCUT2D eigenvalue weighted by atomic mass is 31.2. The van der Waals surface area contributed by atoms with E-state index >= 15 is 0 Å². The van der Waals surface area contributed by atoms with Crippen LogP contribution >= 0.6 is 7.29 Å². The van der Waals surface area contributed by atoms with Crippen LogP contribution in [0.3, 0.4) is 0 Å². The molecule has 0 amide bonds. The SMILES string of the molecule is CCCOC(=O)C(C)(C)CP(=O)(CO[C@H](C)Cn1cnc2c(N)ncnc21)N[C@H](c1ccc(C)cc1)C(F)(F)F. The first-order chi connectivity index (χ1) is 18.6. The summed E-state index contributed by atoms with van der Waals surface area (Å²) in [5, 5.41) is 2.37. The molecule has 0 bridgehead atoms. The number of hydrogen-bond donors (Lipinski definition) is 2. The van der Waals surface area contributed by atoms with E-state index in [1.165, 1.54) is 38.6 Å². The number of aryl methyl sites for hydroxylation is 1. The molecular formula is C26H36F3N6O4P. The van der Waals surface area contributed by atoms with Gasteiger partial charge in [-0.05, 0) is 39.7 Å². The standard InChI is InChI=1S/C26H36F3N6O4P/c1-6-11-38-24(36)25(4,5)13-40(37,34-21(26(27,28)29)19-9-7-17(2)8-10-19)16-39-18(3)12-35-15-33-20-22(30)31-14-32-23(20)35/h7-10,14-15,18,21H,6,11-13,16H2,1-5H3,(H,34,37)(H2,30,31,32)/t18-,21-,40?/m1/s1. The van der Waals surface area contributed by atoms with Crippen molar-refractivity contribution < 1.29 is 32.0 Å². The zero-order valence-electron chi connectivity index (χ0n) is 23.2. The maximum Gasteiger partial charge on any atom is 0.408 e. The Labute approximate surface area is 231 Å². The number of aromatic nitrogens is 4. The van der Waals surface area contributed by atoms with Crippen molar-refractivity contribution in [1.82, 2.24) is 24.6 Å². The smallest absolute Gasteiger partial charge is 0.408 e. The molecule has 2 heterocycles. The molecule has 2 aromatic heterocycles. The summed E-state index contributed by atoms with van der Waals surface area (Å²) in [4.78, 5) is 25.0. The van der Waals surface area contributed by atoms with Gasteiger partial charge in [-0.3, -0.25) is 4.79 Å². The summed E-state index contributed by atoms with van der Waals surface area (Å²) in [5.41, 5.74) is 6.04. The third kappa shape index (κ3) is 8.02. The maximum absolute atomic E-state index is 14.3. The van der Waals surface area contributed by atoms with Crippen molar-refractivity contribution in [3.8, 4) is 0 Å². The molecule has 1 aromatic carbocycles. The second-order valence-corrected chi connectivity index (χ2v) is 13.1. The number of anilines is 1. The van der Waals surface area contributed by atoms with Gasteiger partial charge in [0.05, 0.1) is 31.0 Å². The Morgan fingerprint density at radius 1 is 1.18 bits per heavy atom. The minimum atomic E-state index is -4.77. The van der Waals surface area contributed by atoms with Gasteiger partial charge in [0.2, 0.25) is 0 Å². The van der Waals surface area contributed by atoms with Crippen molar-refractivity contribution in [2.45, 2.75) is 65.9 Å².